The van der Waals surface area contributed by atoms with Gasteiger partial charge in [0.05, 0.1) is 0 Å². The van der Waals surface area contributed by atoms with Crippen LogP contribution in [0.3, 0.4) is 0 Å². The van der Waals surface area contributed by atoms with Gasteiger partial charge in [0, 0.05) is 5.92 Å². The lowest BCUT2D eigenvalue weighted by molar-refractivity contribution is -0.138. The standard InChI is InChI=1S/C12H13NO2/c1-2-9(8-11(13)12(14)15)10-6-4-3-5-7-10/h1,3-7,9,11H,8,13H2,(H,14,15)/t9-,11+/m0/s1. The summed E-state index contributed by atoms with van der Waals surface area (Å²) in [6.07, 6.45) is 5.61. The van der Waals surface area contributed by atoms with E-state index in [0.29, 0.717) is 0 Å². The molecule has 0 aromatic heterocycles. The zero-order valence-corrected chi connectivity index (χ0v) is 8.26. The summed E-state index contributed by atoms with van der Waals surface area (Å²) < 4.78 is 0. The Bertz CT molecular complexity index is 367. The van der Waals surface area contributed by atoms with E-state index in [4.69, 9.17) is 17.3 Å². The largest absolute Gasteiger partial charge is 0.480 e. The molecule has 0 saturated carbocycles. The molecule has 0 saturated heterocycles. The van der Waals surface area contributed by atoms with Gasteiger partial charge in [0.1, 0.15) is 6.04 Å². The van der Waals surface area contributed by atoms with Crippen molar-refractivity contribution in [3.63, 3.8) is 0 Å². The number of hydrogen-bond acceptors (Lipinski definition) is 2. The lowest BCUT2D eigenvalue weighted by Crippen LogP contribution is -2.31. The van der Waals surface area contributed by atoms with Gasteiger partial charge in [-0.3, -0.25) is 4.79 Å². The van der Waals surface area contributed by atoms with Crippen LogP contribution in [-0.4, -0.2) is 17.1 Å². The van der Waals surface area contributed by atoms with E-state index < -0.39 is 12.0 Å². The summed E-state index contributed by atoms with van der Waals surface area (Å²) in [6.45, 7) is 0. The van der Waals surface area contributed by atoms with Gasteiger partial charge in [-0.1, -0.05) is 36.3 Å². The third-order valence-electron chi connectivity index (χ3n) is 2.21. The molecule has 0 fully saturated rings. The van der Waals surface area contributed by atoms with Crippen LogP contribution in [0.1, 0.15) is 17.9 Å². The minimum Gasteiger partial charge on any atom is -0.480 e. The zero-order valence-electron chi connectivity index (χ0n) is 8.26. The number of terminal acetylenes is 1. The van der Waals surface area contributed by atoms with Crippen LogP contribution in [0.15, 0.2) is 30.3 Å². The topological polar surface area (TPSA) is 63.3 Å². The fraction of sp³-hybridized carbons (Fsp3) is 0.250. The normalized spacial score (nSPS) is 13.9. The summed E-state index contributed by atoms with van der Waals surface area (Å²) >= 11 is 0. The van der Waals surface area contributed by atoms with Crippen molar-refractivity contribution < 1.29 is 9.90 Å². The highest BCUT2D eigenvalue weighted by Crippen LogP contribution is 2.19. The molecule has 3 heteroatoms. The van der Waals surface area contributed by atoms with E-state index in [0.717, 1.165) is 5.56 Å². The summed E-state index contributed by atoms with van der Waals surface area (Å²) in [6, 6.07) is 8.45. The maximum absolute atomic E-state index is 10.6. The number of rotatable bonds is 4. The van der Waals surface area contributed by atoms with Gasteiger partial charge in [-0.05, 0) is 12.0 Å². The van der Waals surface area contributed by atoms with Crippen LogP contribution in [0.25, 0.3) is 0 Å². The molecule has 0 heterocycles. The molecule has 2 atom stereocenters. The quantitative estimate of drug-likeness (QED) is 0.723. The first-order chi connectivity index (χ1) is 7.15. The van der Waals surface area contributed by atoms with Crippen molar-refractivity contribution in [2.45, 2.75) is 18.4 Å². The van der Waals surface area contributed by atoms with Crippen LogP contribution < -0.4 is 5.73 Å². The van der Waals surface area contributed by atoms with Crippen molar-refractivity contribution in [3.05, 3.63) is 35.9 Å². The Hall–Kier alpha value is -1.79. The predicted octanol–water partition coefficient (Wildman–Crippen LogP) is 1.21. The van der Waals surface area contributed by atoms with Gasteiger partial charge in [0.15, 0.2) is 0 Å². The van der Waals surface area contributed by atoms with E-state index in [1.165, 1.54) is 0 Å². The van der Waals surface area contributed by atoms with Crippen molar-refractivity contribution in [1.29, 1.82) is 0 Å². The van der Waals surface area contributed by atoms with E-state index in [1.807, 2.05) is 30.3 Å². The third-order valence-corrected chi connectivity index (χ3v) is 2.21. The van der Waals surface area contributed by atoms with E-state index in [9.17, 15) is 4.79 Å². The van der Waals surface area contributed by atoms with Crippen molar-refractivity contribution in [1.82, 2.24) is 0 Å². The third kappa shape index (κ3) is 3.12. The SMILES string of the molecule is C#C[C@@H](C[C@@H](N)C(=O)O)c1ccccc1. The monoisotopic (exact) mass is 203 g/mol. The fourth-order valence-corrected chi connectivity index (χ4v) is 1.34. The van der Waals surface area contributed by atoms with Gasteiger partial charge in [-0.25, -0.2) is 0 Å². The van der Waals surface area contributed by atoms with Crippen LogP contribution in [0.4, 0.5) is 0 Å². The Kier molecular flexibility index (Phi) is 3.90. The highest BCUT2D eigenvalue weighted by molar-refractivity contribution is 5.73. The van der Waals surface area contributed by atoms with E-state index in [-0.39, 0.29) is 12.3 Å². The minimum absolute atomic E-state index is 0.239. The number of benzene rings is 1. The number of hydrogen-bond donors (Lipinski definition) is 2. The Labute approximate surface area is 88.9 Å². The number of carbonyl (C=O) groups is 1. The smallest absolute Gasteiger partial charge is 0.320 e. The van der Waals surface area contributed by atoms with Crippen LogP contribution in [0.5, 0.6) is 0 Å². The highest BCUT2D eigenvalue weighted by atomic mass is 16.4. The Balaban J connectivity index is 2.75. The molecule has 1 aromatic carbocycles. The van der Waals surface area contributed by atoms with Gasteiger partial charge < -0.3 is 10.8 Å². The van der Waals surface area contributed by atoms with Gasteiger partial charge in [-0.2, -0.15) is 0 Å². The molecular weight excluding hydrogens is 190 g/mol. The summed E-state index contributed by atoms with van der Waals surface area (Å²) in [4.78, 5) is 10.6. The minimum atomic E-state index is -1.02. The summed E-state index contributed by atoms with van der Waals surface area (Å²) in [7, 11) is 0. The first-order valence-electron chi connectivity index (χ1n) is 4.64. The number of nitrogens with two attached hydrogens (primary N) is 1. The fourth-order valence-electron chi connectivity index (χ4n) is 1.34. The van der Waals surface area contributed by atoms with Gasteiger partial charge in [0.2, 0.25) is 0 Å². The number of carboxylic acid groups (broad SMARTS) is 1. The molecular formula is C12H13NO2. The van der Waals surface area contributed by atoms with Crippen LogP contribution in [0.2, 0.25) is 0 Å². The van der Waals surface area contributed by atoms with Gasteiger partial charge >= 0.3 is 5.97 Å². The second-order valence-electron chi connectivity index (χ2n) is 3.31. The number of aliphatic carboxylic acids is 1. The molecule has 0 aliphatic rings. The second-order valence-corrected chi connectivity index (χ2v) is 3.31. The molecule has 0 aliphatic heterocycles. The van der Waals surface area contributed by atoms with E-state index in [1.54, 1.807) is 0 Å². The first kappa shape index (κ1) is 11.3. The maximum atomic E-state index is 10.6. The molecule has 3 nitrogen and oxygen atoms in total. The average molecular weight is 203 g/mol. The molecule has 0 radical (unpaired) electrons. The molecule has 0 spiro atoms. The molecule has 0 unspecified atom stereocenters. The Morgan fingerprint density at radius 2 is 2.07 bits per heavy atom. The summed E-state index contributed by atoms with van der Waals surface area (Å²) in [5.41, 5.74) is 6.36. The molecule has 0 bridgehead atoms. The lowest BCUT2D eigenvalue weighted by Gasteiger charge is -2.13. The predicted molar refractivity (Wildman–Crippen MR) is 58.2 cm³/mol. The summed E-state index contributed by atoms with van der Waals surface area (Å²) in [5, 5.41) is 8.68. The first-order valence-corrected chi connectivity index (χ1v) is 4.64. The van der Waals surface area contributed by atoms with Crippen molar-refractivity contribution in [2.75, 3.05) is 0 Å². The van der Waals surface area contributed by atoms with Crippen LogP contribution in [-0.2, 0) is 4.79 Å². The zero-order chi connectivity index (χ0) is 11.3. The number of carboxylic acids is 1. The summed E-state index contributed by atoms with van der Waals surface area (Å²) in [5.74, 6) is 1.30. The molecule has 15 heavy (non-hydrogen) atoms. The molecule has 0 aliphatic carbocycles. The second kappa shape index (κ2) is 5.18. The highest BCUT2D eigenvalue weighted by Gasteiger charge is 2.18. The molecule has 3 N–H and O–H groups in total. The van der Waals surface area contributed by atoms with Crippen LogP contribution >= 0.6 is 0 Å². The molecule has 0 amide bonds. The molecule has 78 valence electrons. The molecule has 1 aromatic rings. The molecule has 1 rings (SSSR count). The van der Waals surface area contributed by atoms with Crippen LogP contribution in [0, 0.1) is 12.3 Å². The van der Waals surface area contributed by atoms with E-state index >= 15 is 0 Å². The van der Waals surface area contributed by atoms with Crippen molar-refractivity contribution in [2.24, 2.45) is 5.73 Å². The average Bonchev–Trinajstić information content (AvgIpc) is 2.26. The lowest BCUT2D eigenvalue weighted by atomic mass is 9.93. The van der Waals surface area contributed by atoms with Crippen molar-refractivity contribution in [3.8, 4) is 12.3 Å². The Morgan fingerprint density at radius 1 is 1.47 bits per heavy atom. The van der Waals surface area contributed by atoms with E-state index in [2.05, 4.69) is 5.92 Å². The van der Waals surface area contributed by atoms with Gasteiger partial charge in [-0.15, -0.1) is 6.42 Å². The van der Waals surface area contributed by atoms with Gasteiger partial charge in [0.25, 0.3) is 0 Å². The Morgan fingerprint density at radius 3 is 2.53 bits per heavy atom. The van der Waals surface area contributed by atoms with Crippen molar-refractivity contribution >= 4 is 5.97 Å². The maximum Gasteiger partial charge on any atom is 0.320 e.